The van der Waals surface area contributed by atoms with Crippen LogP contribution < -0.4 is 16.4 Å². The number of carbonyl (C=O) groups is 2. The van der Waals surface area contributed by atoms with Crippen LogP contribution in [0.5, 0.6) is 0 Å². The van der Waals surface area contributed by atoms with Crippen molar-refractivity contribution in [2.75, 3.05) is 26.2 Å². The fraction of sp³-hybridized carbons (Fsp3) is 0.542. The highest BCUT2D eigenvalue weighted by molar-refractivity contribution is 5.90. The number of benzene rings is 1. The number of nitrogens with one attached hydrogen (secondary N) is 3. The summed E-state index contributed by atoms with van der Waals surface area (Å²) in [5.74, 6) is -0.517. The lowest BCUT2D eigenvalue weighted by Gasteiger charge is -2.21. The summed E-state index contributed by atoms with van der Waals surface area (Å²) in [5.41, 5.74) is 7.83. The zero-order valence-electron chi connectivity index (χ0n) is 18.8. The first-order valence-corrected chi connectivity index (χ1v) is 11.7. The SMILES string of the molecule is NC(Cc1cnc[nH]1)C(=O)N[C@@H](Cc1ccccc1)C(=O)NCCCCCN1CCCC1. The summed E-state index contributed by atoms with van der Waals surface area (Å²) in [6, 6.07) is 8.27. The minimum absolute atomic E-state index is 0.171. The van der Waals surface area contributed by atoms with Gasteiger partial charge in [0.15, 0.2) is 0 Å². The predicted octanol–water partition coefficient (Wildman–Crippen LogP) is 1.39. The molecule has 0 bridgehead atoms. The highest BCUT2D eigenvalue weighted by Gasteiger charge is 2.24. The molecule has 8 heteroatoms. The van der Waals surface area contributed by atoms with E-state index in [-0.39, 0.29) is 11.8 Å². The number of aromatic nitrogens is 2. The van der Waals surface area contributed by atoms with Crippen LogP contribution in [0.3, 0.4) is 0 Å². The van der Waals surface area contributed by atoms with E-state index >= 15 is 0 Å². The number of nitrogens with two attached hydrogens (primary N) is 1. The summed E-state index contributed by atoms with van der Waals surface area (Å²) < 4.78 is 0. The Kier molecular flexibility index (Phi) is 9.71. The average molecular weight is 441 g/mol. The van der Waals surface area contributed by atoms with Gasteiger partial charge in [-0.1, -0.05) is 36.8 Å². The van der Waals surface area contributed by atoms with E-state index in [0.29, 0.717) is 19.4 Å². The molecule has 1 unspecified atom stereocenters. The molecule has 2 aromatic rings. The lowest BCUT2D eigenvalue weighted by molar-refractivity contribution is -0.129. The van der Waals surface area contributed by atoms with Crippen LogP contribution in [-0.2, 0) is 22.4 Å². The Labute approximate surface area is 190 Å². The Morgan fingerprint density at radius 1 is 1.06 bits per heavy atom. The molecule has 2 heterocycles. The molecule has 1 aromatic heterocycles. The van der Waals surface area contributed by atoms with Crippen molar-refractivity contribution in [3.8, 4) is 0 Å². The number of imidazole rings is 1. The third-order valence-electron chi connectivity index (χ3n) is 5.90. The van der Waals surface area contributed by atoms with Gasteiger partial charge in [-0.15, -0.1) is 0 Å². The molecule has 1 aromatic carbocycles. The third-order valence-corrected chi connectivity index (χ3v) is 5.90. The van der Waals surface area contributed by atoms with Crippen molar-refractivity contribution in [3.63, 3.8) is 0 Å². The number of unbranched alkanes of at least 4 members (excludes halogenated alkanes) is 2. The first-order chi connectivity index (χ1) is 15.6. The maximum absolute atomic E-state index is 12.9. The van der Waals surface area contributed by atoms with Crippen LogP contribution in [0, 0.1) is 0 Å². The number of amides is 2. The number of aromatic amines is 1. The zero-order chi connectivity index (χ0) is 22.6. The van der Waals surface area contributed by atoms with Crippen molar-refractivity contribution in [3.05, 3.63) is 54.1 Å². The number of H-pyrrole nitrogens is 1. The fourth-order valence-corrected chi connectivity index (χ4v) is 4.04. The lowest BCUT2D eigenvalue weighted by atomic mass is 10.0. The molecule has 1 aliphatic rings. The van der Waals surface area contributed by atoms with E-state index in [2.05, 4.69) is 25.5 Å². The minimum Gasteiger partial charge on any atom is -0.354 e. The number of rotatable bonds is 13. The zero-order valence-corrected chi connectivity index (χ0v) is 18.8. The van der Waals surface area contributed by atoms with Gasteiger partial charge in [-0.25, -0.2) is 4.98 Å². The van der Waals surface area contributed by atoms with Crippen molar-refractivity contribution in [2.24, 2.45) is 5.73 Å². The van der Waals surface area contributed by atoms with Crippen LogP contribution >= 0.6 is 0 Å². The minimum atomic E-state index is -0.757. The summed E-state index contributed by atoms with van der Waals surface area (Å²) in [6.45, 7) is 4.20. The van der Waals surface area contributed by atoms with Crippen LogP contribution in [0.25, 0.3) is 0 Å². The Balaban J connectivity index is 1.46. The van der Waals surface area contributed by atoms with Crippen molar-refractivity contribution < 1.29 is 9.59 Å². The van der Waals surface area contributed by atoms with Crippen LogP contribution in [0.15, 0.2) is 42.9 Å². The van der Waals surface area contributed by atoms with Gasteiger partial charge in [0, 0.05) is 31.3 Å². The number of carbonyl (C=O) groups excluding carboxylic acids is 2. The van der Waals surface area contributed by atoms with Gasteiger partial charge in [0.05, 0.1) is 12.4 Å². The normalized spacial score (nSPS) is 15.9. The summed E-state index contributed by atoms with van der Waals surface area (Å²) >= 11 is 0. The highest BCUT2D eigenvalue weighted by Crippen LogP contribution is 2.09. The molecule has 1 fully saturated rings. The van der Waals surface area contributed by atoms with E-state index in [0.717, 1.165) is 37.1 Å². The molecule has 0 radical (unpaired) electrons. The van der Waals surface area contributed by atoms with Gasteiger partial charge in [-0.3, -0.25) is 9.59 Å². The van der Waals surface area contributed by atoms with E-state index < -0.39 is 12.1 Å². The molecule has 8 nitrogen and oxygen atoms in total. The molecule has 1 aliphatic heterocycles. The first-order valence-electron chi connectivity index (χ1n) is 11.7. The maximum Gasteiger partial charge on any atom is 0.242 e. The van der Waals surface area contributed by atoms with E-state index in [9.17, 15) is 9.59 Å². The molecule has 174 valence electrons. The van der Waals surface area contributed by atoms with Crippen LogP contribution in [0.4, 0.5) is 0 Å². The van der Waals surface area contributed by atoms with Crippen molar-refractivity contribution in [2.45, 2.75) is 57.0 Å². The Bertz CT molecular complexity index is 805. The number of likely N-dealkylation sites (tertiary alicyclic amines) is 1. The molecule has 32 heavy (non-hydrogen) atoms. The van der Waals surface area contributed by atoms with Gasteiger partial charge in [0.2, 0.25) is 11.8 Å². The van der Waals surface area contributed by atoms with Gasteiger partial charge >= 0.3 is 0 Å². The average Bonchev–Trinajstić information content (AvgIpc) is 3.50. The van der Waals surface area contributed by atoms with E-state index in [4.69, 9.17) is 5.73 Å². The van der Waals surface area contributed by atoms with Crippen LogP contribution in [-0.4, -0.2) is 64.9 Å². The number of nitrogens with zero attached hydrogens (tertiary/aromatic N) is 2. The summed E-state index contributed by atoms with van der Waals surface area (Å²) in [5, 5.41) is 5.85. The molecule has 3 rings (SSSR count). The van der Waals surface area contributed by atoms with Gasteiger partial charge in [0.25, 0.3) is 0 Å². The molecule has 0 saturated carbocycles. The molecule has 0 aliphatic carbocycles. The predicted molar refractivity (Wildman–Crippen MR) is 125 cm³/mol. The second-order valence-corrected chi connectivity index (χ2v) is 8.54. The van der Waals surface area contributed by atoms with Crippen molar-refractivity contribution in [1.82, 2.24) is 25.5 Å². The van der Waals surface area contributed by atoms with Crippen molar-refractivity contribution in [1.29, 1.82) is 0 Å². The Morgan fingerprint density at radius 3 is 2.56 bits per heavy atom. The fourth-order valence-electron chi connectivity index (χ4n) is 4.04. The maximum atomic E-state index is 12.9. The standard InChI is InChI=1S/C24H36N6O2/c25-21(16-20-17-26-18-28-20)23(31)29-22(15-19-9-3-1-4-10-19)24(32)27-11-5-2-6-12-30-13-7-8-14-30/h1,3-4,9-10,17-18,21-22H,2,5-8,11-16,25H2,(H,26,28)(H,27,32)(H,29,31)/t21?,22-/m0/s1. The van der Waals surface area contributed by atoms with E-state index in [1.807, 2.05) is 30.3 Å². The smallest absolute Gasteiger partial charge is 0.242 e. The van der Waals surface area contributed by atoms with Gasteiger partial charge < -0.3 is 26.3 Å². The Hall–Kier alpha value is -2.71. The summed E-state index contributed by atoms with van der Waals surface area (Å²) in [7, 11) is 0. The summed E-state index contributed by atoms with van der Waals surface area (Å²) in [4.78, 5) is 34.9. The number of hydrogen-bond acceptors (Lipinski definition) is 5. The topological polar surface area (TPSA) is 116 Å². The Morgan fingerprint density at radius 2 is 1.84 bits per heavy atom. The lowest BCUT2D eigenvalue weighted by Crippen LogP contribution is -2.53. The van der Waals surface area contributed by atoms with Gasteiger partial charge in [-0.05, 0) is 50.9 Å². The molecule has 1 saturated heterocycles. The third kappa shape index (κ3) is 8.09. The second kappa shape index (κ2) is 13.0. The molecular formula is C24H36N6O2. The largest absolute Gasteiger partial charge is 0.354 e. The van der Waals surface area contributed by atoms with Crippen molar-refractivity contribution >= 4 is 11.8 Å². The highest BCUT2D eigenvalue weighted by atomic mass is 16.2. The molecular weight excluding hydrogens is 404 g/mol. The molecule has 2 atom stereocenters. The number of hydrogen-bond donors (Lipinski definition) is 4. The quantitative estimate of drug-likeness (QED) is 0.351. The summed E-state index contributed by atoms with van der Waals surface area (Å²) in [6.07, 6.45) is 9.76. The molecule has 5 N–H and O–H groups in total. The monoisotopic (exact) mass is 440 g/mol. The van der Waals surface area contributed by atoms with Crippen LogP contribution in [0.2, 0.25) is 0 Å². The molecule has 0 spiro atoms. The van der Waals surface area contributed by atoms with Gasteiger partial charge in [0.1, 0.15) is 6.04 Å². The van der Waals surface area contributed by atoms with Gasteiger partial charge in [-0.2, -0.15) is 0 Å². The van der Waals surface area contributed by atoms with Crippen LogP contribution in [0.1, 0.15) is 43.4 Å². The van der Waals surface area contributed by atoms with E-state index in [1.165, 1.54) is 25.9 Å². The second-order valence-electron chi connectivity index (χ2n) is 8.54. The first kappa shape index (κ1) is 23.9. The van der Waals surface area contributed by atoms with E-state index in [1.54, 1.807) is 12.5 Å². The molecule has 2 amide bonds.